The van der Waals surface area contributed by atoms with Crippen molar-refractivity contribution in [2.75, 3.05) is 13.7 Å². The zero-order chi connectivity index (χ0) is 23.4. The van der Waals surface area contributed by atoms with Crippen molar-refractivity contribution in [1.29, 1.82) is 0 Å². The van der Waals surface area contributed by atoms with Gasteiger partial charge in [0.15, 0.2) is 0 Å². The first-order chi connectivity index (χ1) is 15.6. The molecule has 32 heavy (non-hydrogen) atoms. The van der Waals surface area contributed by atoms with E-state index in [0.29, 0.717) is 31.8 Å². The Morgan fingerprint density at radius 3 is 2.38 bits per heavy atom. The van der Waals surface area contributed by atoms with E-state index in [1.54, 1.807) is 0 Å². The van der Waals surface area contributed by atoms with Gasteiger partial charge in [0.1, 0.15) is 6.10 Å². The van der Waals surface area contributed by atoms with Gasteiger partial charge in [-0.25, -0.2) is 0 Å². The van der Waals surface area contributed by atoms with E-state index in [1.165, 1.54) is 46.1 Å². The monoisotopic (exact) mass is 448 g/mol. The molecule has 0 radical (unpaired) electrons. The Morgan fingerprint density at radius 1 is 1.00 bits per heavy atom. The zero-order valence-corrected chi connectivity index (χ0v) is 20.2. The van der Waals surface area contributed by atoms with E-state index in [0.717, 1.165) is 32.1 Å². The number of aliphatic hydroxyl groups is 1. The summed E-state index contributed by atoms with van der Waals surface area (Å²) in [6, 6.07) is 0. The third-order valence-electron chi connectivity index (χ3n) is 6.06. The highest BCUT2D eigenvalue weighted by atomic mass is 16.5. The van der Waals surface area contributed by atoms with E-state index in [-0.39, 0.29) is 24.0 Å². The van der Waals surface area contributed by atoms with Crippen LogP contribution in [0.25, 0.3) is 0 Å². The molecule has 1 aliphatic rings. The lowest BCUT2D eigenvalue weighted by Gasteiger charge is -2.33. The van der Waals surface area contributed by atoms with E-state index in [2.05, 4.69) is 36.5 Å². The number of rotatable bonds is 17. The van der Waals surface area contributed by atoms with E-state index >= 15 is 0 Å². The van der Waals surface area contributed by atoms with Crippen LogP contribution >= 0.6 is 0 Å². The van der Waals surface area contributed by atoms with Crippen molar-refractivity contribution < 1.29 is 24.2 Å². The van der Waals surface area contributed by atoms with Gasteiger partial charge in [0.05, 0.1) is 7.11 Å². The predicted molar refractivity (Wildman–Crippen MR) is 129 cm³/mol. The van der Waals surface area contributed by atoms with Gasteiger partial charge in [0.2, 0.25) is 0 Å². The normalized spacial score (nSPS) is 19.5. The van der Waals surface area contributed by atoms with Gasteiger partial charge in [0, 0.05) is 25.9 Å². The highest BCUT2D eigenvalue weighted by Gasteiger charge is 2.30. The molecule has 5 heteroatoms. The number of ether oxygens (including phenoxy) is 2. The molecule has 0 aromatic rings. The quantitative estimate of drug-likeness (QED) is 0.127. The molecule has 0 bridgehead atoms. The Morgan fingerprint density at radius 2 is 1.69 bits per heavy atom. The summed E-state index contributed by atoms with van der Waals surface area (Å²) in [7, 11) is 1.40. The third kappa shape index (κ3) is 13.5. The summed E-state index contributed by atoms with van der Waals surface area (Å²) < 4.78 is 10.4. The fraction of sp³-hybridized carbons (Fsp3) is 0.704. The number of allylic oxidation sites excluding steroid dienone is 6. The van der Waals surface area contributed by atoms with Crippen molar-refractivity contribution in [3.63, 3.8) is 0 Å². The first kappa shape index (κ1) is 28.2. The molecule has 0 aromatic carbocycles. The standard InChI is InChI=1S/C27H44O5/c1-23(29)32-26(20-16-21-27(30)31-2)25-19-14-13-18-24(25)17-12-10-8-6-4-3-5-7-9-11-15-22-28/h8,10,12-14,17,24-26,28H,3-7,9,11,15-16,18-22H2,1-2H3. The maximum Gasteiger partial charge on any atom is 0.305 e. The molecule has 0 saturated heterocycles. The molecular formula is C27H44O5. The Labute approximate surface area is 194 Å². The Kier molecular flexibility index (Phi) is 16.4. The predicted octanol–water partition coefficient (Wildman–Crippen LogP) is 6.07. The fourth-order valence-electron chi connectivity index (χ4n) is 4.27. The van der Waals surface area contributed by atoms with Crippen molar-refractivity contribution in [2.24, 2.45) is 11.8 Å². The SMILES string of the molecule is COC(=O)CCCC(OC(C)=O)C1CC=CCC1C=CC=CCCCCCCCCCO. The average molecular weight is 449 g/mol. The van der Waals surface area contributed by atoms with Gasteiger partial charge in [-0.05, 0) is 50.9 Å². The maximum atomic E-state index is 11.7. The van der Waals surface area contributed by atoms with Crippen molar-refractivity contribution >= 4 is 11.9 Å². The molecule has 1 aliphatic carbocycles. The number of hydrogen-bond acceptors (Lipinski definition) is 5. The number of hydrogen-bond donors (Lipinski definition) is 1. The lowest BCUT2D eigenvalue weighted by atomic mass is 9.78. The number of esters is 2. The minimum atomic E-state index is -0.265. The zero-order valence-electron chi connectivity index (χ0n) is 20.2. The number of aliphatic hydroxyl groups excluding tert-OH is 1. The first-order valence-corrected chi connectivity index (χ1v) is 12.4. The Bertz CT molecular complexity index is 593. The summed E-state index contributed by atoms with van der Waals surface area (Å²) in [6.07, 6.45) is 25.9. The van der Waals surface area contributed by atoms with Crippen LogP contribution < -0.4 is 0 Å². The van der Waals surface area contributed by atoms with Gasteiger partial charge in [0.25, 0.3) is 0 Å². The van der Waals surface area contributed by atoms with Crippen molar-refractivity contribution in [2.45, 2.75) is 96.5 Å². The second kappa shape index (κ2) is 18.7. The van der Waals surface area contributed by atoms with Crippen LogP contribution in [0.4, 0.5) is 0 Å². The molecule has 1 rings (SSSR count). The number of carbonyl (C=O) groups is 2. The average Bonchev–Trinajstić information content (AvgIpc) is 2.79. The van der Waals surface area contributed by atoms with Crippen LogP contribution in [0.3, 0.4) is 0 Å². The maximum absolute atomic E-state index is 11.7. The third-order valence-corrected chi connectivity index (χ3v) is 6.06. The molecule has 0 amide bonds. The van der Waals surface area contributed by atoms with E-state index in [9.17, 15) is 9.59 Å². The smallest absolute Gasteiger partial charge is 0.305 e. The molecule has 3 atom stereocenters. The van der Waals surface area contributed by atoms with Crippen LogP contribution in [-0.2, 0) is 19.1 Å². The molecule has 0 heterocycles. The molecule has 0 aromatic heterocycles. The van der Waals surface area contributed by atoms with Crippen LogP contribution in [0.2, 0.25) is 0 Å². The molecule has 0 fully saturated rings. The molecule has 182 valence electrons. The largest absolute Gasteiger partial charge is 0.469 e. The van der Waals surface area contributed by atoms with Gasteiger partial charge in [-0.3, -0.25) is 9.59 Å². The highest BCUT2D eigenvalue weighted by molar-refractivity contribution is 5.69. The molecule has 0 aliphatic heterocycles. The van der Waals surface area contributed by atoms with Crippen LogP contribution in [0.15, 0.2) is 36.5 Å². The van der Waals surface area contributed by atoms with E-state index in [4.69, 9.17) is 14.6 Å². The highest BCUT2D eigenvalue weighted by Crippen LogP contribution is 2.33. The van der Waals surface area contributed by atoms with Crippen molar-refractivity contribution in [1.82, 2.24) is 0 Å². The van der Waals surface area contributed by atoms with E-state index in [1.807, 2.05) is 0 Å². The lowest BCUT2D eigenvalue weighted by molar-refractivity contribution is -0.150. The van der Waals surface area contributed by atoms with Gasteiger partial charge in [-0.2, -0.15) is 0 Å². The second-order valence-corrected chi connectivity index (χ2v) is 8.69. The van der Waals surface area contributed by atoms with Crippen LogP contribution in [0, 0.1) is 11.8 Å². The first-order valence-electron chi connectivity index (χ1n) is 12.4. The van der Waals surface area contributed by atoms with Gasteiger partial charge >= 0.3 is 11.9 Å². The number of carbonyl (C=O) groups excluding carboxylic acids is 2. The number of methoxy groups -OCH3 is 1. The molecular weight excluding hydrogens is 404 g/mol. The minimum absolute atomic E-state index is 0.182. The fourth-order valence-corrected chi connectivity index (χ4v) is 4.27. The number of unbranched alkanes of at least 4 members (excludes halogenated alkanes) is 7. The summed E-state index contributed by atoms with van der Waals surface area (Å²) in [5, 5.41) is 8.78. The second-order valence-electron chi connectivity index (χ2n) is 8.69. The topological polar surface area (TPSA) is 72.8 Å². The van der Waals surface area contributed by atoms with Crippen molar-refractivity contribution in [3.05, 3.63) is 36.5 Å². The van der Waals surface area contributed by atoms with Gasteiger partial charge in [-0.1, -0.05) is 68.6 Å². The lowest BCUT2D eigenvalue weighted by Crippen LogP contribution is -2.32. The molecule has 3 unspecified atom stereocenters. The Hall–Kier alpha value is -1.88. The molecule has 0 saturated carbocycles. The Balaban J connectivity index is 2.42. The van der Waals surface area contributed by atoms with Crippen LogP contribution in [0.5, 0.6) is 0 Å². The molecule has 0 spiro atoms. The molecule has 1 N–H and O–H groups in total. The van der Waals surface area contributed by atoms with Crippen LogP contribution in [0.1, 0.15) is 90.4 Å². The van der Waals surface area contributed by atoms with E-state index < -0.39 is 0 Å². The summed E-state index contributed by atoms with van der Waals surface area (Å²) in [4.78, 5) is 23.1. The van der Waals surface area contributed by atoms with Gasteiger partial charge in [-0.15, -0.1) is 0 Å². The minimum Gasteiger partial charge on any atom is -0.469 e. The summed E-state index contributed by atoms with van der Waals surface area (Å²) in [6.45, 7) is 1.77. The van der Waals surface area contributed by atoms with Gasteiger partial charge < -0.3 is 14.6 Å². The van der Waals surface area contributed by atoms with Crippen LogP contribution in [-0.4, -0.2) is 36.9 Å². The summed E-state index contributed by atoms with van der Waals surface area (Å²) >= 11 is 0. The summed E-state index contributed by atoms with van der Waals surface area (Å²) in [5.74, 6) is 0.0696. The summed E-state index contributed by atoms with van der Waals surface area (Å²) in [5.41, 5.74) is 0. The van der Waals surface area contributed by atoms with Crippen molar-refractivity contribution in [3.8, 4) is 0 Å². The molecule has 5 nitrogen and oxygen atoms in total.